The Bertz CT molecular complexity index is 797. The van der Waals surface area contributed by atoms with Crippen molar-refractivity contribution in [2.45, 2.75) is 45.6 Å². The third kappa shape index (κ3) is 6.43. The standard InChI is InChI=1S/C24H31N3O2/c1-18(24(29)26-23-12-10-22(11-13-23)25-19(2)28)27-16-14-21(15-17-27)9-8-20-6-4-3-5-7-20/h3-7,10-13,18,21H,8-9,14-17H2,1-2H3,(H,25,28)(H,26,29)/t18-/m0/s1. The van der Waals surface area contributed by atoms with Crippen LogP contribution in [0.25, 0.3) is 0 Å². The minimum absolute atomic E-state index is 0.0139. The molecule has 0 unspecified atom stereocenters. The quantitative estimate of drug-likeness (QED) is 0.737. The molecule has 1 aliphatic rings. The molecule has 5 heteroatoms. The monoisotopic (exact) mass is 393 g/mol. The van der Waals surface area contributed by atoms with Gasteiger partial charge < -0.3 is 10.6 Å². The van der Waals surface area contributed by atoms with E-state index in [1.807, 2.05) is 19.1 Å². The maximum atomic E-state index is 12.6. The molecule has 1 saturated heterocycles. The molecule has 2 amide bonds. The number of rotatable bonds is 7. The summed E-state index contributed by atoms with van der Waals surface area (Å²) < 4.78 is 0. The lowest BCUT2D eigenvalue weighted by atomic mass is 9.90. The number of amides is 2. The van der Waals surface area contributed by atoms with Crippen molar-refractivity contribution in [3.63, 3.8) is 0 Å². The molecule has 2 aromatic carbocycles. The Morgan fingerprint density at radius 2 is 1.55 bits per heavy atom. The van der Waals surface area contributed by atoms with Crippen LogP contribution in [0.5, 0.6) is 0 Å². The summed E-state index contributed by atoms with van der Waals surface area (Å²) in [6.45, 7) is 5.39. The van der Waals surface area contributed by atoms with Gasteiger partial charge in [-0.1, -0.05) is 30.3 Å². The van der Waals surface area contributed by atoms with Crippen molar-refractivity contribution in [1.82, 2.24) is 4.90 Å². The van der Waals surface area contributed by atoms with Gasteiger partial charge in [0.1, 0.15) is 0 Å². The minimum atomic E-state index is -0.153. The molecule has 1 aliphatic heterocycles. The number of anilines is 2. The molecule has 0 aliphatic carbocycles. The summed E-state index contributed by atoms with van der Waals surface area (Å²) in [7, 11) is 0. The highest BCUT2D eigenvalue weighted by molar-refractivity contribution is 5.95. The number of piperidine rings is 1. The Morgan fingerprint density at radius 1 is 0.966 bits per heavy atom. The highest BCUT2D eigenvalue weighted by atomic mass is 16.2. The molecule has 0 radical (unpaired) electrons. The molecule has 5 nitrogen and oxygen atoms in total. The second kappa shape index (κ2) is 10.2. The number of hydrogen-bond acceptors (Lipinski definition) is 3. The van der Waals surface area contributed by atoms with Crippen LogP contribution in [0.15, 0.2) is 54.6 Å². The van der Waals surface area contributed by atoms with Crippen LogP contribution >= 0.6 is 0 Å². The van der Waals surface area contributed by atoms with Crippen molar-refractivity contribution in [3.05, 3.63) is 60.2 Å². The lowest BCUT2D eigenvalue weighted by molar-refractivity contribution is -0.121. The fraction of sp³-hybridized carbons (Fsp3) is 0.417. The first-order chi connectivity index (χ1) is 14.0. The Labute approximate surface area is 173 Å². The molecular weight excluding hydrogens is 362 g/mol. The van der Waals surface area contributed by atoms with Gasteiger partial charge in [-0.05, 0) is 81.4 Å². The predicted octanol–water partition coefficient (Wildman–Crippen LogP) is 4.32. The fourth-order valence-corrected chi connectivity index (χ4v) is 3.90. The van der Waals surface area contributed by atoms with Crippen LogP contribution in [-0.2, 0) is 16.0 Å². The van der Waals surface area contributed by atoms with Crippen LogP contribution in [-0.4, -0.2) is 35.8 Å². The normalized spacial score (nSPS) is 16.2. The van der Waals surface area contributed by atoms with Crippen molar-refractivity contribution in [1.29, 1.82) is 0 Å². The molecule has 1 atom stereocenters. The third-order valence-corrected chi connectivity index (χ3v) is 5.73. The molecular formula is C24H31N3O2. The average molecular weight is 394 g/mol. The third-order valence-electron chi connectivity index (χ3n) is 5.73. The summed E-state index contributed by atoms with van der Waals surface area (Å²) in [5, 5.41) is 5.71. The zero-order valence-electron chi connectivity index (χ0n) is 17.4. The van der Waals surface area contributed by atoms with Crippen LogP contribution in [0.2, 0.25) is 0 Å². The fourth-order valence-electron chi connectivity index (χ4n) is 3.90. The van der Waals surface area contributed by atoms with Crippen LogP contribution < -0.4 is 10.6 Å². The topological polar surface area (TPSA) is 61.4 Å². The van der Waals surface area contributed by atoms with Gasteiger partial charge in [-0.3, -0.25) is 14.5 Å². The van der Waals surface area contributed by atoms with E-state index in [-0.39, 0.29) is 17.9 Å². The first-order valence-electron chi connectivity index (χ1n) is 10.5. The Morgan fingerprint density at radius 3 is 2.14 bits per heavy atom. The Kier molecular flexibility index (Phi) is 7.42. The van der Waals surface area contributed by atoms with E-state index < -0.39 is 0 Å². The van der Waals surface area contributed by atoms with Gasteiger partial charge in [-0.25, -0.2) is 0 Å². The molecule has 29 heavy (non-hydrogen) atoms. The number of benzene rings is 2. The van der Waals surface area contributed by atoms with Gasteiger partial charge in [-0.15, -0.1) is 0 Å². The molecule has 0 aromatic heterocycles. The van der Waals surface area contributed by atoms with Crippen molar-refractivity contribution >= 4 is 23.2 Å². The molecule has 154 valence electrons. The number of carbonyl (C=O) groups excluding carboxylic acids is 2. The molecule has 0 spiro atoms. The Hall–Kier alpha value is -2.66. The second-order valence-electron chi connectivity index (χ2n) is 7.93. The van der Waals surface area contributed by atoms with E-state index in [0.717, 1.165) is 49.6 Å². The van der Waals surface area contributed by atoms with E-state index >= 15 is 0 Å². The summed E-state index contributed by atoms with van der Waals surface area (Å²) in [6.07, 6.45) is 4.65. The molecule has 0 bridgehead atoms. The van der Waals surface area contributed by atoms with Gasteiger partial charge in [0.2, 0.25) is 11.8 Å². The van der Waals surface area contributed by atoms with Crippen molar-refractivity contribution < 1.29 is 9.59 Å². The maximum absolute atomic E-state index is 12.6. The first kappa shape index (κ1) is 21.1. The van der Waals surface area contributed by atoms with Crippen molar-refractivity contribution in [2.24, 2.45) is 5.92 Å². The number of nitrogens with one attached hydrogen (secondary N) is 2. The summed E-state index contributed by atoms with van der Waals surface area (Å²) >= 11 is 0. The summed E-state index contributed by atoms with van der Waals surface area (Å²) in [5.74, 6) is 0.644. The number of aryl methyl sites for hydroxylation is 1. The summed E-state index contributed by atoms with van der Waals surface area (Å²) in [4.78, 5) is 26.0. The van der Waals surface area contributed by atoms with E-state index in [1.165, 1.54) is 18.9 Å². The minimum Gasteiger partial charge on any atom is -0.326 e. The van der Waals surface area contributed by atoms with Gasteiger partial charge in [0.25, 0.3) is 0 Å². The first-order valence-corrected chi connectivity index (χ1v) is 10.5. The summed E-state index contributed by atoms with van der Waals surface area (Å²) in [6, 6.07) is 17.7. The van der Waals surface area contributed by atoms with E-state index in [1.54, 1.807) is 12.1 Å². The van der Waals surface area contributed by atoms with Crippen LogP contribution in [0.3, 0.4) is 0 Å². The van der Waals surface area contributed by atoms with Crippen LogP contribution in [0.4, 0.5) is 11.4 Å². The zero-order valence-corrected chi connectivity index (χ0v) is 17.4. The maximum Gasteiger partial charge on any atom is 0.241 e. The molecule has 1 heterocycles. The van der Waals surface area contributed by atoms with Crippen molar-refractivity contribution in [3.8, 4) is 0 Å². The van der Waals surface area contributed by atoms with Crippen molar-refractivity contribution in [2.75, 3.05) is 23.7 Å². The molecule has 2 aromatic rings. The van der Waals surface area contributed by atoms with Gasteiger partial charge in [0.05, 0.1) is 6.04 Å². The molecule has 3 rings (SSSR count). The molecule has 1 fully saturated rings. The zero-order chi connectivity index (χ0) is 20.6. The van der Waals surface area contributed by atoms with E-state index in [2.05, 4.69) is 45.9 Å². The Balaban J connectivity index is 1.43. The van der Waals surface area contributed by atoms with Gasteiger partial charge in [0, 0.05) is 18.3 Å². The second-order valence-corrected chi connectivity index (χ2v) is 7.93. The lowest BCUT2D eigenvalue weighted by Crippen LogP contribution is -2.46. The number of hydrogen-bond donors (Lipinski definition) is 2. The van der Waals surface area contributed by atoms with E-state index in [0.29, 0.717) is 0 Å². The average Bonchev–Trinajstić information content (AvgIpc) is 2.74. The molecule has 0 saturated carbocycles. The largest absolute Gasteiger partial charge is 0.326 e. The van der Waals surface area contributed by atoms with Gasteiger partial charge >= 0.3 is 0 Å². The van der Waals surface area contributed by atoms with E-state index in [4.69, 9.17) is 0 Å². The molecule has 2 N–H and O–H groups in total. The lowest BCUT2D eigenvalue weighted by Gasteiger charge is -2.35. The van der Waals surface area contributed by atoms with Crippen LogP contribution in [0, 0.1) is 5.92 Å². The van der Waals surface area contributed by atoms with Gasteiger partial charge in [-0.2, -0.15) is 0 Å². The number of likely N-dealkylation sites (tertiary alicyclic amines) is 1. The number of carbonyl (C=O) groups is 2. The smallest absolute Gasteiger partial charge is 0.241 e. The van der Waals surface area contributed by atoms with E-state index in [9.17, 15) is 9.59 Å². The highest BCUT2D eigenvalue weighted by Gasteiger charge is 2.26. The number of nitrogens with zero attached hydrogens (tertiary/aromatic N) is 1. The SMILES string of the molecule is CC(=O)Nc1ccc(NC(=O)[C@H](C)N2CCC(CCc3ccccc3)CC2)cc1. The highest BCUT2D eigenvalue weighted by Crippen LogP contribution is 2.24. The van der Waals surface area contributed by atoms with Crippen LogP contribution in [0.1, 0.15) is 38.7 Å². The van der Waals surface area contributed by atoms with Gasteiger partial charge in [0.15, 0.2) is 0 Å². The summed E-state index contributed by atoms with van der Waals surface area (Å²) in [5.41, 5.74) is 2.88. The predicted molar refractivity (Wildman–Crippen MR) is 118 cm³/mol.